The molecule has 0 unspecified atom stereocenters. The fourth-order valence-corrected chi connectivity index (χ4v) is 3.41. The number of nitrogens with zero attached hydrogens (tertiary/aromatic N) is 1. The average molecular weight is 491 g/mol. The maximum Gasteiger partial charge on any atom is 0.573 e. The summed E-state index contributed by atoms with van der Waals surface area (Å²) < 4.78 is 51.9. The van der Waals surface area contributed by atoms with Gasteiger partial charge < -0.3 is 14.2 Å². The average Bonchev–Trinajstić information content (AvgIpc) is 2.86. The van der Waals surface area contributed by atoms with Crippen LogP contribution in [0.3, 0.4) is 0 Å². The Kier molecular flexibility index (Phi) is 7.29. The highest BCUT2D eigenvalue weighted by Crippen LogP contribution is 2.26. The van der Waals surface area contributed by atoms with Gasteiger partial charge in [0, 0.05) is 11.0 Å². The van der Waals surface area contributed by atoms with E-state index in [-0.39, 0.29) is 18.3 Å². The number of aromatic nitrogens is 1. The third-order valence-corrected chi connectivity index (χ3v) is 5.05. The number of pyridine rings is 1. The molecule has 0 saturated heterocycles. The van der Waals surface area contributed by atoms with Crippen LogP contribution < -0.4 is 9.47 Å². The molecule has 0 spiro atoms. The lowest BCUT2D eigenvalue weighted by molar-refractivity contribution is -0.274. The topological polar surface area (TPSA) is 88.3 Å². The van der Waals surface area contributed by atoms with Crippen molar-refractivity contribution in [1.29, 1.82) is 10.8 Å². The predicted molar refractivity (Wildman–Crippen MR) is 131 cm³/mol. The largest absolute Gasteiger partial charge is 0.573 e. The molecule has 0 aliphatic heterocycles. The molecular formula is C27H20F3N3O3. The molecule has 0 aliphatic rings. The van der Waals surface area contributed by atoms with E-state index in [1.165, 1.54) is 24.3 Å². The Morgan fingerprint density at radius 1 is 0.861 bits per heavy atom. The molecule has 4 aromatic rings. The van der Waals surface area contributed by atoms with Crippen LogP contribution in [0.15, 0.2) is 84.9 Å². The molecule has 36 heavy (non-hydrogen) atoms. The molecule has 1 aromatic heterocycles. The number of hydrogen-bond donors (Lipinski definition) is 2. The van der Waals surface area contributed by atoms with Gasteiger partial charge in [0.05, 0.1) is 11.2 Å². The lowest BCUT2D eigenvalue weighted by atomic mass is 10.0. The van der Waals surface area contributed by atoms with Crippen molar-refractivity contribution in [2.24, 2.45) is 0 Å². The predicted octanol–water partition coefficient (Wildman–Crippen LogP) is 6.85. The van der Waals surface area contributed by atoms with E-state index in [1.54, 1.807) is 30.3 Å². The van der Waals surface area contributed by atoms with E-state index in [0.29, 0.717) is 28.9 Å². The molecule has 0 atom stereocenters. The number of hydrogen-bond acceptors (Lipinski definition) is 6. The smallest absolute Gasteiger partial charge is 0.487 e. The fourth-order valence-electron chi connectivity index (χ4n) is 3.41. The quantitative estimate of drug-likeness (QED) is 0.160. The van der Waals surface area contributed by atoms with Gasteiger partial charge in [-0.15, -0.1) is 13.2 Å². The maximum absolute atomic E-state index is 12.4. The SMILES string of the molecule is N=COC(=N)/C(=C/c1ccc(OC(F)(F)F)cc1)c1ccc(OCc2ccc3ccccc3n2)cc1. The molecule has 0 amide bonds. The minimum atomic E-state index is -4.78. The van der Waals surface area contributed by atoms with Crippen molar-refractivity contribution in [3.63, 3.8) is 0 Å². The van der Waals surface area contributed by atoms with E-state index in [9.17, 15) is 13.2 Å². The van der Waals surface area contributed by atoms with E-state index >= 15 is 0 Å². The van der Waals surface area contributed by atoms with Crippen LogP contribution in [0.1, 0.15) is 16.8 Å². The summed E-state index contributed by atoms with van der Waals surface area (Å²) in [7, 11) is 0. The third-order valence-electron chi connectivity index (χ3n) is 5.05. The molecule has 182 valence electrons. The number of benzene rings is 3. The first kappa shape index (κ1) is 24.5. The summed E-state index contributed by atoms with van der Waals surface area (Å²) in [4.78, 5) is 4.58. The maximum atomic E-state index is 12.4. The lowest BCUT2D eigenvalue weighted by Gasteiger charge is -2.11. The monoisotopic (exact) mass is 491 g/mol. The molecule has 6 nitrogen and oxygen atoms in total. The van der Waals surface area contributed by atoms with Crippen LogP contribution in [-0.2, 0) is 11.3 Å². The minimum Gasteiger partial charge on any atom is -0.487 e. The zero-order valence-electron chi connectivity index (χ0n) is 18.8. The van der Waals surface area contributed by atoms with Crippen LogP contribution in [0.5, 0.6) is 11.5 Å². The van der Waals surface area contributed by atoms with Crippen molar-refractivity contribution in [2.45, 2.75) is 13.0 Å². The minimum absolute atomic E-state index is 0.270. The molecule has 4 rings (SSSR count). The first-order valence-corrected chi connectivity index (χ1v) is 10.7. The number of ether oxygens (including phenoxy) is 3. The number of para-hydroxylation sites is 1. The summed E-state index contributed by atoms with van der Waals surface area (Å²) in [5.41, 5.74) is 3.09. The first-order chi connectivity index (χ1) is 17.3. The van der Waals surface area contributed by atoms with Gasteiger partial charge in [-0.05, 0) is 53.6 Å². The van der Waals surface area contributed by atoms with Crippen molar-refractivity contribution in [3.05, 3.63) is 102 Å². The Labute approximate surface area is 204 Å². The molecule has 0 saturated carbocycles. The molecule has 0 aliphatic carbocycles. The van der Waals surface area contributed by atoms with Crippen molar-refractivity contribution in [2.75, 3.05) is 0 Å². The van der Waals surface area contributed by atoms with Gasteiger partial charge in [-0.2, -0.15) is 0 Å². The van der Waals surface area contributed by atoms with E-state index in [4.69, 9.17) is 20.3 Å². The Morgan fingerprint density at radius 2 is 1.56 bits per heavy atom. The second-order valence-corrected chi connectivity index (χ2v) is 7.55. The van der Waals surface area contributed by atoms with Crippen LogP contribution in [0.2, 0.25) is 0 Å². The zero-order valence-corrected chi connectivity index (χ0v) is 18.8. The number of alkyl halides is 3. The summed E-state index contributed by atoms with van der Waals surface area (Å²) in [5, 5.41) is 16.3. The summed E-state index contributed by atoms with van der Waals surface area (Å²) in [6.45, 7) is 0.270. The van der Waals surface area contributed by atoms with Gasteiger partial charge in [-0.3, -0.25) is 10.8 Å². The second kappa shape index (κ2) is 10.7. The summed E-state index contributed by atoms with van der Waals surface area (Å²) in [6, 6.07) is 23.8. The van der Waals surface area contributed by atoms with Gasteiger partial charge in [0.25, 0.3) is 0 Å². The summed E-state index contributed by atoms with van der Waals surface area (Å²) >= 11 is 0. The third kappa shape index (κ3) is 6.47. The normalized spacial score (nSPS) is 11.7. The van der Waals surface area contributed by atoms with Crippen LogP contribution in [0.4, 0.5) is 13.2 Å². The highest BCUT2D eigenvalue weighted by Gasteiger charge is 2.30. The van der Waals surface area contributed by atoms with E-state index in [0.717, 1.165) is 16.6 Å². The molecule has 0 bridgehead atoms. The van der Waals surface area contributed by atoms with Gasteiger partial charge in [-0.25, -0.2) is 4.98 Å². The van der Waals surface area contributed by atoms with Crippen LogP contribution in [0, 0.1) is 10.8 Å². The molecular weight excluding hydrogens is 471 g/mol. The zero-order chi connectivity index (χ0) is 25.5. The molecule has 2 N–H and O–H groups in total. The molecule has 9 heteroatoms. The van der Waals surface area contributed by atoms with Gasteiger partial charge in [0.15, 0.2) is 6.40 Å². The summed E-state index contributed by atoms with van der Waals surface area (Å²) in [5.74, 6) is -0.0645. The van der Waals surface area contributed by atoms with Crippen LogP contribution in [-0.4, -0.2) is 23.6 Å². The Morgan fingerprint density at radius 3 is 2.25 bits per heavy atom. The highest BCUT2D eigenvalue weighted by atomic mass is 19.4. The molecule has 3 aromatic carbocycles. The first-order valence-electron chi connectivity index (χ1n) is 10.7. The lowest BCUT2D eigenvalue weighted by Crippen LogP contribution is -2.16. The van der Waals surface area contributed by atoms with Gasteiger partial charge >= 0.3 is 6.36 Å². The number of halogens is 3. The molecule has 0 radical (unpaired) electrons. The van der Waals surface area contributed by atoms with Crippen LogP contribution >= 0.6 is 0 Å². The van der Waals surface area contributed by atoms with Gasteiger partial charge in [0.2, 0.25) is 5.90 Å². The number of nitrogens with one attached hydrogen (secondary N) is 2. The van der Waals surface area contributed by atoms with Gasteiger partial charge in [0.1, 0.15) is 18.1 Å². The van der Waals surface area contributed by atoms with Crippen molar-refractivity contribution < 1.29 is 27.4 Å². The fraction of sp³-hybridized carbons (Fsp3) is 0.0741. The number of rotatable bonds is 8. The van der Waals surface area contributed by atoms with Crippen molar-refractivity contribution in [1.82, 2.24) is 4.98 Å². The van der Waals surface area contributed by atoms with Crippen molar-refractivity contribution in [3.8, 4) is 11.5 Å². The van der Waals surface area contributed by atoms with Crippen molar-refractivity contribution >= 4 is 34.9 Å². The molecule has 1 heterocycles. The highest BCUT2D eigenvalue weighted by molar-refractivity contribution is 6.24. The van der Waals surface area contributed by atoms with E-state index in [2.05, 4.69) is 9.72 Å². The standard InChI is InChI=1S/C27H20F3N3O3/c28-27(29,30)36-23-11-5-18(6-12-23)15-24(26(32)35-17-31)19-8-13-22(14-9-19)34-16-21-10-7-20-3-1-2-4-25(20)33-21/h1-15,17,31-32H,16H2/b24-15+,31-17?,32-26?. The van der Waals surface area contributed by atoms with Gasteiger partial charge in [-0.1, -0.05) is 48.5 Å². The molecule has 0 fully saturated rings. The second-order valence-electron chi connectivity index (χ2n) is 7.55. The van der Waals surface area contributed by atoms with E-state index < -0.39 is 6.36 Å². The Bertz CT molecular complexity index is 1400. The van der Waals surface area contributed by atoms with E-state index in [1.807, 2.05) is 36.4 Å². The number of fused-ring (bicyclic) bond motifs is 1. The summed E-state index contributed by atoms with van der Waals surface area (Å²) in [6.07, 6.45) is -2.58. The Balaban J connectivity index is 1.50. The Hall–Kier alpha value is -4.66. The van der Waals surface area contributed by atoms with Crippen LogP contribution in [0.25, 0.3) is 22.6 Å².